The molecule has 0 unspecified atom stereocenters. The number of ether oxygens (including phenoxy) is 1. The van der Waals surface area contributed by atoms with E-state index in [0.29, 0.717) is 0 Å². The van der Waals surface area contributed by atoms with Crippen LogP contribution < -0.4 is 5.73 Å². The number of hydrogen-bond acceptors (Lipinski definition) is 3. The van der Waals surface area contributed by atoms with Gasteiger partial charge >= 0.3 is 6.09 Å². The van der Waals surface area contributed by atoms with Gasteiger partial charge in [0, 0.05) is 5.41 Å². The first-order valence-electron chi connectivity index (χ1n) is 4.22. The Hall–Kier alpha value is -0.770. The highest BCUT2D eigenvalue weighted by Gasteiger charge is 2.34. The van der Waals surface area contributed by atoms with Gasteiger partial charge in [0.15, 0.2) is 0 Å². The average molecular weight is 173 g/mol. The van der Waals surface area contributed by atoms with Gasteiger partial charge in [0.25, 0.3) is 0 Å². The molecular weight excluding hydrogens is 158 g/mol. The highest BCUT2D eigenvalue weighted by Crippen LogP contribution is 2.37. The van der Waals surface area contributed by atoms with Crippen LogP contribution in [-0.4, -0.2) is 24.4 Å². The van der Waals surface area contributed by atoms with Gasteiger partial charge in [0.05, 0.1) is 6.61 Å². The highest BCUT2D eigenvalue weighted by atomic mass is 16.5. The number of hydrogen-bond donors (Lipinski definition) is 2. The molecule has 0 aliphatic heterocycles. The maximum Gasteiger partial charge on any atom is 0.404 e. The third-order valence-electron chi connectivity index (χ3n) is 2.52. The molecule has 1 amide bonds. The zero-order chi connectivity index (χ0) is 9.03. The van der Waals surface area contributed by atoms with Crippen molar-refractivity contribution < 1.29 is 14.6 Å². The van der Waals surface area contributed by atoms with Crippen LogP contribution in [0.4, 0.5) is 4.79 Å². The van der Waals surface area contributed by atoms with Gasteiger partial charge in [0.2, 0.25) is 0 Å². The molecule has 0 radical (unpaired) electrons. The molecule has 70 valence electrons. The summed E-state index contributed by atoms with van der Waals surface area (Å²) in [5.41, 5.74) is 4.64. The Morgan fingerprint density at radius 1 is 1.50 bits per heavy atom. The van der Waals surface area contributed by atoms with E-state index in [9.17, 15) is 4.79 Å². The fourth-order valence-electron chi connectivity index (χ4n) is 1.70. The lowest BCUT2D eigenvalue weighted by molar-refractivity contribution is 0.0457. The van der Waals surface area contributed by atoms with Gasteiger partial charge in [-0.2, -0.15) is 0 Å². The molecule has 0 aromatic carbocycles. The zero-order valence-corrected chi connectivity index (χ0v) is 7.08. The Balaban J connectivity index is 2.39. The molecule has 3 N–H and O–H groups in total. The first-order chi connectivity index (χ1) is 5.68. The molecule has 1 rings (SSSR count). The molecule has 12 heavy (non-hydrogen) atoms. The van der Waals surface area contributed by atoms with Gasteiger partial charge in [-0.15, -0.1) is 0 Å². The lowest BCUT2D eigenvalue weighted by Crippen LogP contribution is -2.30. The van der Waals surface area contributed by atoms with Crippen LogP contribution in [0.3, 0.4) is 0 Å². The average Bonchev–Trinajstić information content (AvgIpc) is 2.50. The summed E-state index contributed by atoms with van der Waals surface area (Å²) in [4.78, 5) is 10.3. The van der Waals surface area contributed by atoms with Crippen molar-refractivity contribution in [3.63, 3.8) is 0 Å². The SMILES string of the molecule is NC(=O)OCC1(CO)CCCC1. The van der Waals surface area contributed by atoms with Crippen LogP contribution in [0, 0.1) is 5.41 Å². The van der Waals surface area contributed by atoms with Gasteiger partial charge in [-0.1, -0.05) is 12.8 Å². The van der Waals surface area contributed by atoms with E-state index in [1.54, 1.807) is 0 Å². The molecule has 0 bridgehead atoms. The van der Waals surface area contributed by atoms with Crippen LogP contribution in [0.5, 0.6) is 0 Å². The van der Waals surface area contributed by atoms with E-state index >= 15 is 0 Å². The topological polar surface area (TPSA) is 72.6 Å². The van der Waals surface area contributed by atoms with Gasteiger partial charge < -0.3 is 15.6 Å². The maximum atomic E-state index is 10.3. The molecule has 4 nitrogen and oxygen atoms in total. The van der Waals surface area contributed by atoms with Gasteiger partial charge in [-0.3, -0.25) is 0 Å². The number of carbonyl (C=O) groups is 1. The minimum absolute atomic E-state index is 0.0836. The molecule has 1 fully saturated rings. The summed E-state index contributed by atoms with van der Waals surface area (Å²) in [6, 6.07) is 0. The molecule has 0 heterocycles. The number of nitrogens with two attached hydrogens (primary N) is 1. The van der Waals surface area contributed by atoms with Crippen molar-refractivity contribution in [1.82, 2.24) is 0 Å². The third-order valence-corrected chi connectivity index (χ3v) is 2.52. The number of aliphatic hydroxyl groups excluding tert-OH is 1. The van der Waals surface area contributed by atoms with Crippen LogP contribution in [0.1, 0.15) is 25.7 Å². The normalized spacial score (nSPS) is 20.8. The van der Waals surface area contributed by atoms with Gasteiger partial charge in [0.1, 0.15) is 6.61 Å². The van der Waals surface area contributed by atoms with E-state index in [2.05, 4.69) is 0 Å². The second kappa shape index (κ2) is 3.76. The van der Waals surface area contributed by atoms with E-state index in [4.69, 9.17) is 15.6 Å². The summed E-state index contributed by atoms with van der Waals surface area (Å²) in [6.07, 6.45) is 3.30. The van der Waals surface area contributed by atoms with Gasteiger partial charge in [-0.25, -0.2) is 4.79 Å². The number of amides is 1. The molecule has 0 saturated heterocycles. The molecule has 1 aliphatic rings. The van der Waals surface area contributed by atoms with E-state index < -0.39 is 6.09 Å². The Kier molecular flexibility index (Phi) is 2.92. The standard InChI is InChI=1S/C8H15NO3/c9-7(11)12-6-8(5-10)3-1-2-4-8/h10H,1-6H2,(H2,9,11). The summed E-state index contributed by atoms with van der Waals surface area (Å²) in [5.74, 6) is 0. The first kappa shape index (κ1) is 9.32. The van der Waals surface area contributed by atoms with Crippen molar-refractivity contribution in [2.75, 3.05) is 13.2 Å². The Bertz CT molecular complexity index is 164. The zero-order valence-electron chi connectivity index (χ0n) is 7.08. The molecule has 1 aliphatic carbocycles. The van der Waals surface area contributed by atoms with E-state index in [1.165, 1.54) is 0 Å². The fraction of sp³-hybridized carbons (Fsp3) is 0.875. The Morgan fingerprint density at radius 3 is 2.50 bits per heavy atom. The minimum atomic E-state index is -0.755. The van der Waals surface area contributed by atoms with Gasteiger partial charge in [-0.05, 0) is 12.8 Å². The Labute approximate surface area is 71.7 Å². The largest absolute Gasteiger partial charge is 0.449 e. The van der Waals surface area contributed by atoms with Crippen molar-refractivity contribution in [3.05, 3.63) is 0 Å². The summed E-state index contributed by atoms with van der Waals surface area (Å²) in [6.45, 7) is 0.346. The summed E-state index contributed by atoms with van der Waals surface area (Å²) in [7, 11) is 0. The lowest BCUT2D eigenvalue weighted by atomic mass is 9.88. The van der Waals surface area contributed by atoms with Crippen molar-refractivity contribution in [2.24, 2.45) is 11.1 Å². The molecule has 0 aromatic rings. The van der Waals surface area contributed by atoms with Crippen LogP contribution in [-0.2, 0) is 4.74 Å². The highest BCUT2D eigenvalue weighted by molar-refractivity contribution is 5.64. The molecule has 0 atom stereocenters. The molecule has 0 aromatic heterocycles. The summed E-state index contributed by atoms with van der Waals surface area (Å²) in [5, 5.41) is 9.10. The number of rotatable bonds is 3. The predicted molar refractivity (Wildman–Crippen MR) is 43.5 cm³/mol. The van der Waals surface area contributed by atoms with Crippen molar-refractivity contribution >= 4 is 6.09 Å². The van der Waals surface area contributed by atoms with Crippen LogP contribution in [0.25, 0.3) is 0 Å². The van der Waals surface area contributed by atoms with Crippen molar-refractivity contribution in [2.45, 2.75) is 25.7 Å². The molecule has 0 spiro atoms. The van der Waals surface area contributed by atoms with Crippen molar-refractivity contribution in [3.8, 4) is 0 Å². The number of primary amides is 1. The second-order valence-electron chi connectivity index (χ2n) is 3.47. The number of carbonyl (C=O) groups excluding carboxylic acids is 1. The molecule has 4 heteroatoms. The predicted octanol–water partition coefficient (Wildman–Crippen LogP) is 0.634. The summed E-state index contributed by atoms with van der Waals surface area (Å²) < 4.78 is 4.70. The van der Waals surface area contributed by atoms with Crippen LogP contribution in [0.15, 0.2) is 0 Å². The fourth-order valence-corrected chi connectivity index (χ4v) is 1.70. The smallest absolute Gasteiger partial charge is 0.404 e. The van der Waals surface area contributed by atoms with Crippen LogP contribution in [0.2, 0.25) is 0 Å². The van der Waals surface area contributed by atoms with Crippen molar-refractivity contribution in [1.29, 1.82) is 0 Å². The van der Waals surface area contributed by atoms with E-state index in [-0.39, 0.29) is 18.6 Å². The lowest BCUT2D eigenvalue weighted by Gasteiger charge is -2.24. The second-order valence-corrected chi connectivity index (χ2v) is 3.47. The monoisotopic (exact) mass is 173 g/mol. The quantitative estimate of drug-likeness (QED) is 0.657. The third kappa shape index (κ3) is 2.11. The van der Waals surface area contributed by atoms with Crippen LogP contribution >= 0.6 is 0 Å². The maximum absolute atomic E-state index is 10.3. The van der Waals surface area contributed by atoms with E-state index in [0.717, 1.165) is 25.7 Å². The molecule has 1 saturated carbocycles. The molecular formula is C8H15NO3. The minimum Gasteiger partial charge on any atom is -0.449 e. The Morgan fingerprint density at radius 2 is 2.08 bits per heavy atom. The summed E-state index contributed by atoms with van der Waals surface area (Å²) >= 11 is 0. The first-order valence-corrected chi connectivity index (χ1v) is 4.22. The van der Waals surface area contributed by atoms with E-state index in [1.807, 2.05) is 0 Å². The number of aliphatic hydroxyl groups is 1.